The highest BCUT2D eigenvalue weighted by atomic mass is 32.2. The molecule has 152 valence electrons. The van der Waals surface area contributed by atoms with Crippen molar-refractivity contribution in [2.24, 2.45) is 0 Å². The second kappa shape index (κ2) is 10.5. The number of carbonyl (C=O) groups is 2. The molecule has 0 aromatic heterocycles. The summed E-state index contributed by atoms with van der Waals surface area (Å²) in [4.78, 5) is 24.6. The standard InChI is InChI=1S/C20H18F3N3O2S/c21-20(22,23)16-8-6-14(7-9-16)12-29-13-17(19(28)25-11-10-24)26-18(27)15-4-2-1-3-5-15/h1-9,17H,11-13H2,(H,25,28)(H,26,27)/t17-/m0/s1. The van der Waals surface area contributed by atoms with Crippen LogP contribution < -0.4 is 10.6 Å². The molecule has 2 aromatic rings. The highest BCUT2D eigenvalue weighted by molar-refractivity contribution is 7.98. The molecule has 2 N–H and O–H groups in total. The van der Waals surface area contributed by atoms with E-state index in [0.717, 1.165) is 12.1 Å². The number of hydrogen-bond donors (Lipinski definition) is 2. The van der Waals surface area contributed by atoms with Crippen LogP contribution >= 0.6 is 11.8 Å². The topological polar surface area (TPSA) is 82.0 Å². The molecule has 0 aliphatic heterocycles. The van der Waals surface area contributed by atoms with Crippen LogP contribution in [0.2, 0.25) is 0 Å². The molecule has 0 aliphatic rings. The largest absolute Gasteiger partial charge is 0.416 e. The number of amides is 2. The highest BCUT2D eigenvalue weighted by Crippen LogP contribution is 2.29. The van der Waals surface area contributed by atoms with Crippen LogP contribution in [-0.4, -0.2) is 30.2 Å². The van der Waals surface area contributed by atoms with Crippen LogP contribution in [0.3, 0.4) is 0 Å². The summed E-state index contributed by atoms with van der Waals surface area (Å²) >= 11 is 1.29. The average molecular weight is 421 g/mol. The van der Waals surface area contributed by atoms with E-state index in [0.29, 0.717) is 16.9 Å². The second-order valence-corrected chi connectivity index (χ2v) is 7.01. The van der Waals surface area contributed by atoms with E-state index in [-0.39, 0.29) is 12.3 Å². The summed E-state index contributed by atoms with van der Waals surface area (Å²) in [6, 6.07) is 14.0. The number of hydrogen-bond acceptors (Lipinski definition) is 4. The quantitative estimate of drug-likeness (QED) is 0.641. The zero-order valence-corrected chi connectivity index (χ0v) is 16.0. The van der Waals surface area contributed by atoms with Gasteiger partial charge in [0.2, 0.25) is 5.91 Å². The summed E-state index contributed by atoms with van der Waals surface area (Å²) in [7, 11) is 0. The number of alkyl halides is 3. The van der Waals surface area contributed by atoms with Gasteiger partial charge in [0.15, 0.2) is 0 Å². The Balaban J connectivity index is 1.97. The van der Waals surface area contributed by atoms with Crippen molar-refractivity contribution >= 4 is 23.6 Å². The summed E-state index contributed by atoms with van der Waals surface area (Å²) in [6.07, 6.45) is -4.39. The number of rotatable bonds is 8. The normalized spacial score (nSPS) is 11.9. The summed E-state index contributed by atoms with van der Waals surface area (Å²) in [5.41, 5.74) is 0.321. The van der Waals surface area contributed by atoms with Crippen molar-refractivity contribution in [1.29, 1.82) is 5.26 Å². The van der Waals surface area contributed by atoms with Crippen LogP contribution in [0, 0.1) is 11.3 Å². The van der Waals surface area contributed by atoms with Crippen molar-refractivity contribution in [3.05, 3.63) is 71.3 Å². The summed E-state index contributed by atoms with van der Waals surface area (Å²) < 4.78 is 37.9. The van der Waals surface area contributed by atoms with Crippen molar-refractivity contribution in [1.82, 2.24) is 10.6 Å². The Bertz CT molecular complexity index is 865. The summed E-state index contributed by atoms with van der Waals surface area (Å²) in [5.74, 6) is -0.383. The van der Waals surface area contributed by atoms with Crippen LogP contribution in [0.5, 0.6) is 0 Å². The zero-order chi connectivity index (χ0) is 21.3. The van der Waals surface area contributed by atoms with E-state index in [9.17, 15) is 22.8 Å². The number of thioether (sulfide) groups is 1. The number of nitrogens with one attached hydrogen (secondary N) is 2. The van der Waals surface area contributed by atoms with Crippen molar-refractivity contribution in [3.63, 3.8) is 0 Å². The molecule has 0 bridgehead atoms. The number of benzene rings is 2. The van der Waals surface area contributed by atoms with Gasteiger partial charge in [0.1, 0.15) is 12.6 Å². The molecule has 29 heavy (non-hydrogen) atoms. The molecule has 9 heteroatoms. The molecule has 2 rings (SSSR count). The molecule has 0 unspecified atom stereocenters. The molecular weight excluding hydrogens is 403 g/mol. The van der Waals surface area contributed by atoms with Crippen LogP contribution in [0.4, 0.5) is 13.2 Å². The third-order valence-electron chi connectivity index (χ3n) is 3.83. The van der Waals surface area contributed by atoms with Gasteiger partial charge in [-0.2, -0.15) is 30.2 Å². The first-order valence-electron chi connectivity index (χ1n) is 8.55. The Hall–Kier alpha value is -2.99. The van der Waals surface area contributed by atoms with Gasteiger partial charge >= 0.3 is 6.18 Å². The molecule has 0 radical (unpaired) electrons. The van der Waals surface area contributed by atoms with Crippen molar-refractivity contribution < 1.29 is 22.8 Å². The molecule has 0 saturated heterocycles. The Kier molecular flexibility index (Phi) is 8.09. The third-order valence-corrected chi connectivity index (χ3v) is 4.94. The molecule has 0 heterocycles. The van der Waals surface area contributed by atoms with Crippen molar-refractivity contribution in [2.45, 2.75) is 18.0 Å². The Morgan fingerprint density at radius 3 is 2.31 bits per heavy atom. The van der Waals surface area contributed by atoms with Gasteiger partial charge < -0.3 is 10.6 Å². The van der Waals surface area contributed by atoms with Crippen LogP contribution in [0.25, 0.3) is 0 Å². The molecule has 5 nitrogen and oxygen atoms in total. The van der Waals surface area contributed by atoms with Crippen molar-refractivity contribution in [3.8, 4) is 6.07 Å². The first kappa shape index (κ1) is 22.3. The second-order valence-electron chi connectivity index (χ2n) is 5.98. The van der Waals surface area contributed by atoms with Gasteiger partial charge in [0.05, 0.1) is 11.6 Å². The maximum atomic E-state index is 12.6. The number of carbonyl (C=O) groups excluding carboxylic acids is 2. The van der Waals surface area contributed by atoms with Crippen LogP contribution in [0.1, 0.15) is 21.5 Å². The minimum Gasteiger partial charge on any atom is -0.341 e. The Morgan fingerprint density at radius 1 is 1.07 bits per heavy atom. The zero-order valence-electron chi connectivity index (χ0n) is 15.2. The molecule has 0 fully saturated rings. The minimum atomic E-state index is -4.39. The monoisotopic (exact) mass is 421 g/mol. The van der Waals surface area contributed by atoms with Gasteiger partial charge in [-0.05, 0) is 29.8 Å². The molecule has 0 saturated carbocycles. The third kappa shape index (κ3) is 7.16. The van der Waals surface area contributed by atoms with E-state index in [2.05, 4.69) is 10.6 Å². The summed E-state index contributed by atoms with van der Waals surface area (Å²) in [6.45, 7) is -0.194. The van der Waals surface area contributed by atoms with Gasteiger partial charge in [0, 0.05) is 17.1 Å². The van der Waals surface area contributed by atoms with Gasteiger partial charge in [-0.3, -0.25) is 9.59 Å². The maximum Gasteiger partial charge on any atom is 0.416 e. The highest BCUT2D eigenvalue weighted by Gasteiger charge is 2.30. The lowest BCUT2D eigenvalue weighted by atomic mass is 10.1. The van der Waals surface area contributed by atoms with E-state index < -0.39 is 29.6 Å². The lowest BCUT2D eigenvalue weighted by molar-refractivity contribution is -0.137. The molecule has 0 aliphatic carbocycles. The lowest BCUT2D eigenvalue weighted by Crippen LogP contribution is -2.48. The van der Waals surface area contributed by atoms with E-state index in [1.807, 2.05) is 0 Å². The van der Waals surface area contributed by atoms with Gasteiger partial charge in [-0.25, -0.2) is 0 Å². The maximum absolute atomic E-state index is 12.6. The van der Waals surface area contributed by atoms with Crippen molar-refractivity contribution in [2.75, 3.05) is 12.3 Å². The Labute approximate surface area is 170 Å². The average Bonchev–Trinajstić information content (AvgIpc) is 2.71. The fourth-order valence-corrected chi connectivity index (χ4v) is 3.36. The number of nitriles is 1. The van der Waals surface area contributed by atoms with Gasteiger partial charge in [-0.1, -0.05) is 30.3 Å². The van der Waals surface area contributed by atoms with Gasteiger partial charge in [-0.15, -0.1) is 0 Å². The first-order valence-corrected chi connectivity index (χ1v) is 9.71. The molecular formula is C20H18F3N3O2S. The Morgan fingerprint density at radius 2 is 1.72 bits per heavy atom. The van der Waals surface area contributed by atoms with Crippen LogP contribution in [0.15, 0.2) is 54.6 Å². The fraction of sp³-hybridized carbons (Fsp3) is 0.250. The number of nitrogens with zero attached hydrogens (tertiary/aromatic N) is 1. The predicted octanol–water partition coefficient (Wildman–Crippen LogP) is 3.38. The smallest absolute Gasteiger partial charge is 0.341 e. The van der Waals surface area contributed by atoms with E-state index in [1.165, 1.54) is 23.9 Å². The minimum absolute atomic E-state index is 0.191. The molecule has 1 atom stereocenters. The van der Waals surface area contributed by atoms with E-state index in [4.69, 9.17) is 5.26 Å². The molecule has 0 spiro atoms. The van der Waals surface area contributed by atoms with E-state index in [1.54, 1.807) is 36.4 Å². The molecule has 2 amide bonds. The van der Waals surface area contributed by atoms with Crippen LogP contribution in [-0.2, 0) is 16.7 Å². The van der Waals surface area contributed by atoms with E-state index >= 15 is 0 Å². The molecule has 2 aromatic carbocycles. The lowest BCUT2D eigenvalue weighted by Gasteiger charge is -2.17. The fourth-order valence-electron chi connectivity index (χ4n) is 2.35. The first-order chi connectivity index (χ1) is 13.8. The predicted molar refractivity (Wildman–Crippen MR) is 104 cm³/mol. The van der Waals surface area contributed by atoms with Gasteiger partial charge in [0.25, 0.3) is 5.91 Å². The summed E-state index contributed by atoms with van der Waals surface area (Å²) in [5, 5.41) is 13.7. The number of halogens is 3. The SMILES string of the molecule is N#CCNC(=O)[C@H](CSCc1ccc(C(F)(F)F)cc1)NC(=O)c1ccccc1.